The van der Waals surface area contributed by atoms with Crippen LogP contribution in [0.4, 0.5) is 0 Å². The van der Waals surface area contributed by atoms with Crippen molar-refractivity contribution in [2.24, 2.45) is 0 Å². The number of rotatable bonds is 1. The fourth-order valence-electron chi connectivity index (χ4n) is 2.44. The van der Waals surface area contributed by atoms with Crippen LogP contribution < -0.4 is 0 Å². The first-order valence-electron chi connectivity index (χ1n) is 6.52. The average Bonchev–Trinajstić information content (AvgIpc) is 2.47. The molecule has 1 aromatic carbocycles. The Morgan fingerprint density at radius 2 is 2.05 bits per heavy atom. The Balaban J connectivity index is 1.85. The summed E-state index contributed by atoms with van der Waals surface area (Å²) in [7, 11) is 0. The summed E-state index contributed by atoms with van der Waals surface area (Å²) in [6.07, 6.45) is 3.83. The minimum Gasteiger partial charge on any atom is -0.339 e. The topological polar surface area (TPSA) is 33.2 Å². The third-order valence-corrected chi connectivity index (χ3v) is 4.48. The van der Waals surface area contributed by atoms with Crippen molar-refractivity contribution in [3.05, 3.63) is 42.1 Å². The van der Waals surface area contributed by atoms with Gasteiger partial charge in [-0.05, 0) is 37.1 Å². The minimum absolute atomic E-state index is 0.130. The molecule has 3 rings (SSSR count). The molecule has 0 unspecified atom stereocenters. The Bertz CT molecular complexity index is 606. The first kappa shape index (κ1) is 12.6. The second-order valence-electron chi connectivity index (χ2n) is 4.88. The van der Waals surface area contributed by atoms with E-state index >= 15 is 0 Å². The van der Waals surface area contributed by atoms with Gasteiger partial charge in [-0.3, -0.25) is 9.78 Å². The van der Waals surface area contributed by atoms with Crippen molar-refractivity contribution in [3.8, 4) is 0 Å². The molecule has 0 saturated carbocycles. The maximum absolute atomic E-state index is 12.4. The SMILES string of the molecule is O=C(c1ccc2ncccc2c1)N1CCC(Br)CC1. The molecule has 0 spiro atoms. The van der Waals surface area contributed by atoms with Gasteiger partial charge in [-0.25, -0.2) is 0 Å². The van der Waals surface area contributed by atoms with Gasteiger partial charge in [0.15, 0.2) is 0 Å². The summed E-state index contributed by atoms with van der Waals surface area (Å²) in [5.74, 6) is 0.130. The van der Waals surface area contributed by atoms with E-state index < -0.39 is 0 Å². The quantitative estimate of drug-likeness (QED) is 0.756. The van der Waals surface area contributed by atoms with E-state index in [9.17, 15) is 4.79 Å². The van der Waals surface area contributed by atoms with Gasteiger partial charge in [-0.1, -0.05) is 22.0 Å². The molecule has 4 heteroatoms. The first-order valence-corrected chi connectivity index (χ1v) is 7.44. The number of hydrogen-bond acceptors (Lipinski definition) is 2. The van der Waals surface area contributed by atoms with Gasteiger partial charge in [-0.2, -0.15) is 0 Å². The van der Waals surface area contributed by atoms with Crippen LogP contribution in [0.5, 0.6) is 0 Å². The van der Waals surface area contributed by atoms with Crippen molar-refractivity contribution >= 4 is 32.7 Å². The highest BCUT2D eigenvalue weighted by Crippen LogP contribution is 2.20. The number of aromatic nitrogens is 1. The zero-order valence-electron chi connectivity index (χ0n) is 10.6. The summed E-state index contributed by atoms with van der Waals surface area (Å²) in [6, 6.07) is 9.61. The molecule has 2 aromatic rings. The molecule has 98 valence electrons. The number of likely N-dealkylation sites (tertiary alicyclic amines) is 1. The van der Waals surface area contributed by atoms with Gasteiger partial charge in [0.1, 0.15) is 0 Å². The molecular formula is C15H15BrN2O. The van der Waals surface area contributed by atoms with Crippen LogP contribution in [0.2, 0.25) is 0 Å². The Morgan fingerprint density at radius 3 is 2.84 bits per heavy atom. The van der Waals surface area contributed by atoms with Crippen molar-refractivity contribution in [2.45, 2.75) is 17.7 Å². The number of piperidine rings is 1. The molecule has 1 aromatic heterocycles. The van der Waals surface area contributed by atoms with Crippen LogP contribution in [0.25, 0.3) is 10.9 Å². The van der Waals surface area contributed by atoms with Gasteiger partial charge in [0.05, 0.1) is 5.52 Å². The molecule has 0 N–H and O–H groups in total. The molecule has 3 nitrogen and oxygen atoms in total. The molecule has 1 fully saturated rings. The molecule has 1 amide bonds. The van der Waals surface area contributed by atoms with E-state index in [0.29, 0.717) is 4.83 Å². The fourth-order valence-corrected chi connectivity index (χ4v) is 2.85. The number of fused-ring (bicyclic) bond motifs is 1. The van der Waals surface area contributed by atoms with Crippen LogP contribution in [0.1, 0.15) is 23.2 Å². The maximum atomic E-state index is 12.4. The predicted octanol–water partition coefficient (Wildman–Crippen LogP) is 3.23. The maximum Gasteiger partial charge on any atom is 0.253 e. The number of nitrogens with zero attached hydrogens (tertiary/aromatic N) is 2. The molecule has 1 aliphatic heterocycles. The van der Waals surface area contributed by atoms with Gasteiger partial charge >= 0.3 is 0 Å². The van der Waals surface area contributed by atoms with Gasteiger partial charge in [0.2, 0.25) is 0 Å². The largest absolute Gasteiger partial charge is 0.339 e. The molecule has 0 aliphatic carbocycles. The monoisotopic (exact) mass is 318 g/mol. The summed E-state index contributed by atoms with van der Waals surface area (Å²) in [4.78, 5) is 19.2. The molecule has 1 aliphatic rings. The zero-order valence-corrected chi connectivity index (χ0v) is 12.1. The number of amides is 1. The van der Waals surface area contributed by atoms with Crippen molar-refractivity contribution in [3.63, 3.8) is 0 Å². The van der Waals surface area contributed by atoms with Crippen LogP contribution in [0, 0.1) is 0 Å². The third kappa shape index (κ3) is 2.63. The normalized spacial score (nSPS) is 16.8. The molecule has 0 bridgehead atoms. The molecule has 2 heterocycles. The lowest BCUT2D eigenvalue weighted by Crippen LogP contribution is -2.38. The number of hydrogen-bond donors (Lipinski definition) is 0. The van der Waals surface area contributed by atoms with E-state index in [2.05, 4.69) is 20.9 Å². The molecule has 19 heavy (non-hydrogen) atoms. The van der Waals surface area contributed by atoms with E-state index in [1.54, 1.807) is 6.20 Å². The number of carbonyl (C=O) groups is 1. The summed E-state index contributed by atoms with van der Waals surface area (Å²) in [6.45, 7) is 1.67. The Kier molecular flexibility index (Phi) is 3.51. The minimum atomic E-state index is 0.130. The van der Waals surface area contributed by atoms with E-state index in [1.807, 2.05) is 35.2 Å². The second kappa shape index (κ2) is 5.29. The lowest BCUT2D eigenvalue weighted by Gasteiger charge is -2.29. The second-order valence-corrected chi connectivity index (χ2v) is 6.17. The summed E-state index contributed by atoms with van der Waals surface area (Å²) in [5.41, 5.74) is 1.69. The van der Waals surface area contributed by atoms with Crippen LogP contribution in [0.3, 0.4) is 0 Å². The highest BCUT2D eigenvalue weighted by molar-refractivity contribution is 9.09. The first-order chi connectivity index (χ1) is 9.24. The number of alkyl halides is 1. The van der Waals surface area contributed by atoms with Gasteiger partial charge in [0.25, 0.3) is 5.91 Å². The van der Waals surface area contributed by atoms with E-state index in [0.717, 1.165) is 42.4 Å². The number of carbonyl (C=O) groups excluding carboxylic acids is 1. The number of halogens is 1. The standard InChI is InChI=1S/C15H15BrN2O/c16-13-5-8-18(9-6-13)15(19)12-3-4-14-11(10-12)2-1-7-17-14/h1-4,7,10,13H,5-6,8-9H2. The molecular weight excluding hydrogens is 304 g/mol. The third-order valence-electron chi connectivity index (χ3n) is 3.56. The Hall–Kier alpha value is -1.42. The summed E-state index contributed by atoms with van der Waals surface area (Å²) >= 11 is 3.61. The van der Waals surface area contributed by atoms with Crippen molar-refractivity contribution in [1.29, 1.82) is 0 Å². The molecule has 0 radical (unpaired) electrons. The van der Waals surface area contributed by atoms with E-state index in [1.165, 1.54) is 0 Å². The summed E-state index contributed by atoms with van der Waals surface area (Å²) in [5, 5.41) is 1.02. The van der Waals surface area contributed by atoms with Gasteiger partial charge in [0, 0.05) is 35.1 Å². The number of pyridine rings is 1. The van der Waals surface area contributed by atoms with Crippen LogP contribution in [-0.2, 0) is 0 Å². The van der Waals surface area contributed by atoms with Crippen molar-refractivity contribution < 1.29 is 4.79 Å². The lowest BCUT2D eigenvalue weighted by molar-refractivity contribution is 0.0728. The predicted molar refractivity (Wildman–Crippen MR) is 79.6 cm³/mol. The highest BCUT2D eigenvalue weighted by Gasteiger charge is 2.22. The number of benzene rings is 1. The highest BCUT2D eigenvalue weighted by atomic mass is 79.9. The Labute approximate surface area is 120 Å². The zero-order chi connectivity index (χ0) is 13.2. The van der Waals surface area contributed by atoms with E-state index in [4.69, 9.17) is 0 Å². The fraction of sp³-hybridized carbons (Fsp3) is 0.333. The average molecular weight is 319 g/mol. The lowest BCUT2D eigenvalue weighted by atomic mass is 10.1. The van der Waals surface area contributed by atoms with Crippen LogP contribution in [0.15, 0.2) is 36.5 Å². The molecule has 1 saturated heterocycles. The Morgan fingerprint density at radius 1 is 1.26 bits per heavy atom. The van der Waals surface area contributed by atoms with Crippen LogP contribution >= 0.6 is 15.9 Å². The van der Waals surface area contributed by atoms with Crippen molar-refractivity contribution in [2.75, 3.05) is 13.1 Å². The van der Waals surface area contributed by atoms with E-state index in [-0.39, 0.29) is 5.91 Å². The van der Waals surface area contributed by atoms with Gasteiger partial charge < -0.3 is 4.90 Å². The van der Waals surface area contributed by atoms with Crippen molar-refractivity contribution in [1.82, 2.24) is 9.88 Å². The summed E-state index contributed by atoms with van der Waals surface area (Å²) < 4.78 is 0. The smallest absolute Gasteiger partial charge is 0.253 e. The van der Waals surface area contributed by atoms with Gasteiger partial charge in [-0.15, -0.1) is 0 Å². The van der Waals surface area contributed by atoms with Crippen LogP contribution in [-0.4, -0.2) is 33.7 Å². The molecule has 0 atom stereocenters.